The molecule has 24 heavy (non-hydrogen) atoms. The molecular formula is C21H36O3. The SMILES string of the molecule is C1CCCCC1.CC(=O)CC1CCCCC1(CC(C)=O)CC(C)=O. The van der Waals surface area contributed by atoms with Crippen LogP contribution in [0.1, 0.15) is 104 Å². The molecule has 1 unspecified atom stereocenters. The van der Waals surface area contributed by atoms with Gasteiger partial charge in [-0.05, 0) is 44.9 Å². The second-order valence-corrected chi connectivity index (χ2v) is 8.09. The van der Waals surface area contributed by atoms with Crippen LogP contribution in [0.15, 0.2) is 0 Å². The molecule has 0 N–H and O–H groups in total. The van der Waals surface area contributed by atoms with E-state index in [0.717, 1.165) is 25.7 Å². The fourth-order valence-electron chi connectivity index (χ4n) is 4.62. The van der Waals surface area contributed by atoms with Crippen molar-refractivity contribution in [2.75, 3.05) is 0 Å². The summed E-state index contributed by atoms with van der Waals surface area (Å²) in [4.78, 5) is 34.5. The van der Waals surface area contributed by atoms with Crippen molar-refractivity contribution in [3.05, 3.63) is 0 Å². The summed E-state index contributed by atoms with van der Waals surface area (Å²) in [6.07, 6.45) is 14.5. The van der Waals surface area contributed by atoms with Gasteiger partial charge in [0.05, 0.1) is 0 Å². The van der Waals surface area contributed by atoms with Gasteiger partial charge in [-0.2, -0.15) is 0 Å². The molecule has 1 atom stereocenters. The van der Waals surface area contributed by atoms with Crippen LogP contribution in [0.4, 0.5) is 0 Å². The largest absolute Gasteiger partial charge is 0.300 e. The summed E-state index contributed by atoms with van der Waals surface area (Å²) in [7, 11) is 0. The quantitative estimate of drug-likeness (QED) is 0.649. The third-order valence-corrected chi connectivity index (χ3v) is 5.58. The molecule has 2 fully saturated rings. The third kappa shape index (κ3) is 7.72. The maximum atomic E-state index is 11.5. The van der Waals surface area contributed by atoms with Crippen molar-refractivity contribution in [2.24, 2.45) is 11.3 Å². The van der Waals surface area contributed by atoms with Gasteiger partial charge in [-0.15, -0.1) is 0 Å². The number of ketones is 3. The summed E-state index contributed by atoms with van der Waals surface area (Å²) in [5.41, 5.74) is -0.248. The number of rotatable bonds is 6. The van der Waals surface area contributed by atoms with E-state index in [4.69, 9.17) is 0 Å². The van der Waals surface area contributed by atoms with Crippen molar-refractivity contribution >= 4 is 17.3 Å². The van der Waals surface area contributed by atoms with E-state index in [0.29, 0.717) is 19.3 Å². The molecule has 0 radical (unpaired) electrons. The van der Waals surface area contributed by atoms with Gasteiger partial charge in [0.1, 0.15) is 17.3 Å². The van der Waals surface area contributed by atoms with Gasteiger partial charge in [0.2, 0.25) is 0 Å². The molecular weight excluding hydrogens is 300 g/mol. The molecule has 2 rings (SSSR count). The Labute approximate surface area is 148 Å². The molecule has 2 saturated carbocycles. The van der Waals surface area contributed by atoms with Crippen LogP contribution < -0.4 is 0 Å². The zero-order valence-electron chi connectivity index (χ0n) is 16.0. The Morgan fingerprint density at radius 1 is 0.708 bits per heavy atom. The fourth-order valence-corrected chi connectivity index (χ4v) is 4.62. The van der Waals surface area contributed by atoms with E-state index >= 15 is 0 Å². The van der Waals surface area contributed by atoms with Crippen LogP contribution in [0.5, 0.6) is 0 Å². The van der Waals surface area contributed by atoms with Gasteiger partial charge in [0.25, 0.3) is 0 Å². The summed E-state index contributed by atoms with van der Waals surface area (Å²) in [6, 6.07) is 0. The second-order valence-electron chi connectivity index (χ2n) is 8.09. The van der Waals surface area contributed by atoms with Gasteiger partial charge in [-0.3, -0.25) is 0 Å². The molecule has 0 aromatic heterocycles. The Balaban J connectivity index is 0.000000400. The Bertz CT molecular complexity index is 393. The highest BCUT2D eigenvalue weighted by atomic mass is 16.1. The summed E-state index contributed by atoms with van der Waals surface area (Å²) < 4.78 is 0. The van der Waals surface area contributed by atoms with Gasteiger partial charge >= 0.3 is 0 Å². The Morgan fingerprint density at radius 2 is 1.17 bits per heavy atom. The average Bonchev–Trinajstić information content (AvgIpc) is 2.50. The number of carbonyl (C=O) groups is 3. The van der Waals surface area contributed by atoms with E-state index in [1.54, 1.807) is 20.8 Å². The summed E-state index contributed by atoms with van der Waals surface area (Å²) >= 11 is 0. The zero-order chi connectivity index (χ0) is 18.0. The molecule has 0 spiro atoms. The lowest BCUT2D eigenvalue weighted by Gasteiger charge is -2.43. The van der Waals surface area contributed by atoms with Crippen LogP contribution in [0, 0.1) is 11.3 Å². The molecule has 0 heterocycles. The first kappa shape index (κ1) is 21.1. The molecule has 2 aliphatic carbocycles. The number of hydrogen-bond acceptors (Lipinski definition) is 3. The molecule has 0 saturated heterocycles. The lowest BCUT2D eigenvalue weighted by Crippen LogP contribution is -2.38. The van der Waals surface area contributed by atoms with E-state index in [1.165, 1.54) is 38.5 Å². The van der Waals surface area contributed by atoms with Gasteiger partial charge in [-0.1, -0.05) is 51.4 Å². The van der Waals surface area contributed by atoms with Crippen molar-refractivity contribution < 1.29 is 14.4 Å². The number of carbonyl (C=O) groups excluding carboxylic acids is 3. The van der Waals surface area contributed by atoms with E-state index in [-0.39, 0.29) is 28.7 Å². The highest BCUT2D eigenvalue weighted by Crippen LogP contribution is 2.48. The Kier molecular flexibility index (Phi) is 9.46. The fraction of sp³-hybridized carbons (Fsp3) is 0.857. The van der Waals surface area contributed by atoms with Gasteiger partial charge < -0.3 is 14.4 Å². The van der Waals surface area contributed by atoms with Crippen molar-refractivity contribution in [1.29, 1.82) is 0 Å². The van der Waals surface area contributed by atoms with Crippen LogP contribution in [0.2, 0.25) is 0 Å². The minimum Gasteiger partial charge on any atom is -0.300 e. The van der Waals surface area contributed by atoms with Crippen LogP contribution in [-0.4, -0.2) is 17.3 Å². The van der Waals surface area contributed by atoms with Gasteiger partial charge in [-0.25, -0.2) is 0 Å². The summed E-state index contributed by atoms with van der Waals surface area (Å²) in [5, 5.41) is 0. The van der Waals surface area contributed by atoms with E-state index in [1.807, 2.05) is 0 Å². The highest BCUT2D eigenvalue weighted by Gasteiger charge is 2.42. The smallest absolute Gasteiger partial charge is 0.130 e. The lowest BCUT2D eigenvalue weighted by molar-refractivity contribution is -0.129. The number of hydrogen-bond donors (Lipinski definition) is 0. The first-order valence-electron chi connectivity index (χ1n) is 9.84. The zero-order valence-corrected chi connectivity index (χ0v) is 16.0. The maximum absolute atomic E-state index is 11.5. The predicted octanol–water partition coefficient (Wildman–Crippen LogP) is 5.44. The molecule has 3 nitrogen and oxygen atoms in total. The molecule has 0 aromatic carbocycles. The van der Waals surface area contributed by atoms with Gasteiger partial charge in [0, 0.05) is 19.3 Å². The van der Waals surface area contributed by atoms with Crippen LogP contribution in [0.25, 0.3) is 0 Å². The van der Waals surface area contributed by atoms with Crippen LogP contribution in [-0.2, 0) is 14.4 Å². The minimum atomic E-state index is -0.248. The molecule has 3 heteroatoms. The Morgan fingerprint density at radius 3 is 1.54 bits per heavy atom. The standard InChI is InChI=1S/C15H24O3.C6H12/c1-11(16)8-14-6-4-5-7-15(14,9-12(2)17)10-13(3)18;1-2-4-6-5-3-1/h14H,4-10H2,1-3H3;1-6H2. The molecule has 0 aromatic rings. The predicted molar refractivity (Wildman–Crippen MR) is 98.0 cm³/mol. The first-order valence-corrected chi connectivity index (χ1v) is 9.84. The molecule has 0 bridgehead atoms. The summed E-state index contributed by atoms with van der Waals surface area (Å²) in [5.74, 6) is 0.633. The number of Topliss-reactive ketones (excluding diaryl/α,β-unsaturated/α-hetero) is 3. The second kappa shape index (κ2) is 10.8. The van der Waals surface area contributed by atoms with Crippen molar-refractivity contribution in [3.8, 4) is 0 Å². The van der Waals surface area contributed by atoms with Crippen molar-refractivity contribution in [2.45, 2.75) is 104 Å². The molecule has 2 aliphatic rings. The monoisotopic (exact) mass is 336 g/mol. The molecule has 138 valence electrons. The van der Waals surface area contributed by atoms with Crippen LogP contribution in [0.3, 0.4) is 0 Å². The van der Waals surface area contributed by atoms with E-state index in [9.17, 15) is 14.4 Å². The van der Waals surface area contributed by atoms with Crippen LogP contribution >= 0.6 is 0 Å². The lowest BCUT2D eigenvalue weighted by atomic mass is 9.60. The normalized spacial score (nSPS) is 22.9. The van der Waals surface area contributed by atoms with Crippen molar-refractivity contribution in [3.63, 3.8) is 0 Å². The van der Waals surface area contributed by atoms with Crippen molar-refractivity contribution in [1.82, 2.24) is 0 Å². The molecule has 0 amide bonds. The highest BCUT2D eigenvalue weighted by molar-refractivity contribution is 5.81. The Hall–Kier alpha value is -0.990. The first-order chi connectivity index (χ1) is 11.4. The molecule has 0 aliphatic heterocycles. The topological polar surface area (TPSA) is 51.2 Å². The van der Waals surface area contributed by atoms with E-state index < -0.39 is 0 Å². The van der Waals surface area contributed by atoms with Gasteiger partial charge in [0.15, 0.2) is 0 Å². The summed E-state index contributed by atoms with van der Waals surface area (Å²) in [6.45, 7) is 4.77. The average molecular weight is 337 g/mol. The maximum Gasteiger partial charge on any atom is 0.130 e. The minimum absolute atomic E-state index is 0.131. The van der Waals surface area contributed by atoms with E-state index in [2.05, 4.69) is 0 Å². The third-order valence-electron chi connectivity index (χ3n) is 5.58.